The Balaban J connectivity index is 1.50. The third-order valence-corrected chi connectivity index (χ3v) is 9.03. The first-order chi connectivity index (χ1) is 19.8. The number of likely N-dealkylation sites (N-methyl/N-ethyl adjacent to an activating group) is 1. The number of hydrogen-bond donors (Lipinski definition) is 2. The molecule has 0 spiro atoms. The summed E-state index contributed by atoms with van der Waals surface area (Å²) in [5, 5.41) is 6.90. The van der Waals surface area contributed by atoms with E-state index in [1.54, 1.807) is 23.3 Å². The Bertz CT molecular complexity index is 1450. The first-order valence-electron chi connectivity index (χ1n) is 14.5. The van der Waals surface area contributed by atoms with Gasteiger partial charge in [-0.05, 0) is 49.9 Å². The van der Waals surface area contributed by atoms with Crippen molar-refractivity contribution in [3.63, 3.8) is 0 Å². The number of aromatic nitrogens is 1. The summed E-state index contributed by atoms with van der Waals surface area (Å²) in [5.41, 5.74) is 4.00. The largest absolute Gasteiger partial charge is 0.341 e. The molecule has 2 aliphatic heterocycles. The topological polar surface area (TPSA) is 94.6 Å². The quantitative estimate of drug-likeness (QED) is 0.401. The summed E-state index contributed by atoms with van der Waals surface area (Å²) in [6.07, 6.45) is 4.45. The van der Waals surface area contributed by atoms with Gasteiger partial charge in [-0.15, -0.1) is 11.3 Å². The van der Waals surface area contributed by atoms with Crippen LogP contribution in [0.4, 0.5) is 0 Å². The van der Waals surface area contributed by atoms with E-state index in [1.165, 1.54) is 0 Å². The van der Waals surface area contributed by atoms with E-state index in [9.17, 15) is 14.4 Å². The molecule has 2 N–H and O–H groups in total. The van der Waals surface area contributed by atoms with Crippen LogP contribution in [0.15, 0.2) is 60.3 Å². The van der Waals surface area contributed by atoms with Crippen LogP contribution in [0.25, 0.3) is 21.3 Å². The zero-order valence-electron chi connectivity index (χ0n) is 24.2. The minimum absolute atomic E-state index is 0.00725. The minimum atomic E-state index is -0.848. The van der Waals surface area contributed by atoms with Gasteiger partial charge in [-0.1, -0.05) is 63.2 Å². The van der Waals surface area contributed by atoms with Crippen molar-refractivity contribution in [2.24, 2.45) is 5.92 Å². The number of amides is 3. The van der Waals surface area contributed by atoms with Crippen molar-refractivity contribution < 1.29 is 14.4 Å². The number of rotatable bonds is 8. The van der Waals surface area contributed by atoms with Crippen LogP contribution in [0.2, 0.25) is 0 Å². The number of para-hydroxylation sites is 1. The van der Waals surface area contributed by atoms with Crippen LogP contribution in [0.5, 0.6) is 0 Å². The van der Waals surface area contributed by atoms with E-state index < -0.39 is 12.1 Å². The zero-order chi connectivity index (χ0) is 29.1. The molecule has 3 aromatic rings. The van der Waals surface area contributed by atoms with Gasteiger partial charge in [0, 0.05) is 24.2 Å². The smallest absolute Gasteiger partial charge is 0.251 e. The standard InChI is InChI=1S/C32H39N5O3S/c1-5-24(33-4)30(39)34-25-19-36(28(38)18-20(2)3)17-16-22-14-15-26(37(22)32(25)40)31-35-29-23(12-9-13-27(29)41-31)21-10-7-6-8-11-21/h6-13,16,20,24-26,33H,5,14-15,17-19H2,1-4H3,(H,34,39)/b22-16-/t24-,25-,26-/m0/s1. The minimum Gasteiger partial charge on any atom is -0.341 e. The van der Waals surface area contributed by atoms with Crippen LogP contribution in [0, 0.1) is 5.92 Å². The van der Waals surface area contributed by atoms with Crippen LogP contribution in [0.1, 0.15) is 57.5 Å². The fourth-order valence-electron chi connectivity index (χ4n) is 5.76. The maximum Gasteiger partial charge on any atom is 0.251 e. The highest BCUT2D eigenvalue weighted by molar-refractivity contribution is 7.18. The predicted molar refractivity (Wildman–Crippen MR) is 163 cm³/mol. The summed E-state index contributed by atoms with van der Waals surface area (Å²) in [7, 11) is 1.74. The van der Waals surface area contributed by atoms with Gasteiger partial charge in [0.15, 0.2) is 0 Å². The van der Waals surface area contributed by atoms with E-state index >= 15 is 0 Å². The van der Waals surface area contributed by atoms with E-state index in [2.05, 4.69) is 34.9 Å². The molecule has 3 amide bonds. The molecule has 41 heavy (non-hydrogen) atoms. The maximum atomic E-state index is 14.3. The molecule has 1 saturated heterocycles. The molecule has 0 unspecified atom stereocenters. The second-order valence-corrected chi connectivity index (χ2v) is 12.3. The molecule has 2 aromatic carbocycles. The summed E-state index contributed by atoms with van der Waals surface area (Å²) >= 11 is 1.62. The van der Waals surface area contributed by atoms with Crippen LogP contribution < -0.4 is 10.6 Å². The summed E-state index contributed by atoms with van der Waals surface area (Å²) in [6.45, 7) is 6.49. The Hall–Kier alpha value is -3.56. The van der Waals surface area contributed by atoms with Crippen LogP contribution in [-0.2, 0) is 14.4 Å². The van der Waals surface area contributed by atoms with Crippen molar-refractivity contribution in [2.75, 3.05) is 20.1 Å². The van der Waals surface area contributed by atoms with Crippen molar-refractivity contribution >= 4 is 39.3 Å². The van der Waals surface area contributed by atoms with E-state index in [1.807, 2.05) is 56.0 Å². The monoisotopic (exact) mass is 573 g/mol. The first-order valence-corrected chi connectivity index (χ1v) is 15.3. The van der Waals surface area contributed by atoms with Gasteiger partial charge >= 0.3 is 0 Å². The average Bonchev–Trinajstić information content (AvgIpc) is 3.58. The van der Waals surface area contributed by atoms with E-state index in [0.717, 1.165) is 38.5 Å². The fraction of sp³-hybridized carbons (Fsp3) is 0.438. The lowest BCUT2D eigenvalue weighted by Crippen LogP contribution is -2.58. The van der Waals surface area contributed by atoms with Gasteiger partial charge in [0.1, 0.15) is 11.0 Å². The molecule has 0 saturated carbocycles. The maximum absolute atomic E-state index is 14.3. The Kier molecular flexibility index (Phi) is 8.85. The predicted octanol–water partition coefficient (Wildman–Crippen LogP) is 4.88. The summed E-state index contributed by atoms with van der Waals surface area (Å²) in [6, 6.07) is 14.9. The molecular weight excluding hydrogens is 534 g/mol. The number of carbonyl (C=O) groups is 3. The average molecular weight is 574 g/mol. The summed E-state index contributed by atoms with van der Waals surface area (Å²) < 4.78 is 1.08. The van der Waals surface area contributed by atoms with Gasteiger partial charge in [-0.2, -0.15) is 0 Å². The molecule has 1 aromatic heterocycles. The number of hydrogen-bond acceptors (Lipinski definition) is 6. The van der Waals surface area contributed by atoms with E-state index in [0.29, 0.717) is 25.8 Å². The van der Waals surface area contributed by atoms with Gasteiger partial charge in [-0.25, -0.2) is 4.98 Å². The molecule has 8 nitrogen and oxygen atoms in total. The van der Waals surface area contributed by atoms with Crippen LogP contribution in [0.3, 0.4) is 0 Å². The van der Waals surface area contributed by atoms with Crippen LogP contribution >= 0.6 is 11.3 Å². The number of nitrogens with one attached hydrogen (secondary N) is 2. The molecule has 1 fully saturated rings. The van der Waals surface area contributed by atoms with Gasteiger partial charge in [-0.3, -0.25) is 14.4 Å². The lowest BCUT2D eigenvalue weighted by molar-refractivity contribution is -0.139. The van der Waals surface area contributed by atoms with Crippen molar-refractivity contribution in [2.45, 2.75) is 64.6 Å². The fourth-order valence-corrected chi connectivity index (χ4v) is 6.88. The molecule has 0 aliphatic carbocycles. The Morgan fingerprint density at radius 2 is 1.90 bits per heavy atom. The van der Waals surface area contributed by atoms with Gasteiger partial charge < -0.3 is 20.4 Å². The Morgan fingerprint density at radius 3 is 2.61 bits per heavy atom. The molecule has 5 rings (SSSR count). The van der Waals surface area contributed by atoms with Gasteiger partial charge in [0.25, 0.3) is 5.91 Å². The van der Waals surface area contributed by atoms with Crippen molar-refractivity contribution in [3.05, 3.63) is 65.3 Å². The molecule has 3 heterocycles. The molecule has 9 heteroatoms. The van der Waals surface area contributed by atoms with Crippen molar-refractivity contribution in [3.8, 4) is 11.1 Å². The third-order valence-electron chi connectivity index (χ3n) is 7.91. The highest BCUT2D eigenvalue weighted by atomic mass is 32.1. The highest BCUT2D eigenvalue weighted by Crippen LogP contribution is 2.43. The number of carbonyl (C=O) groups excluding carboxylic acids is 3. The first kappa shape index (κ1) is 29.0. The van der Waals surface area contributed by atoms with Crippen molar-refractivity contribution in [1.29, 1.82) is 0 Å². The van der Waals surface area contributed by atoms with E-state index in [-0.39, 0.29) is 36.2 Å². The number of nitrogens with zero attached hydrogens (tertiary/aromatic N) is 3. The number of thiazole rings is 1. The zero-order valence-corrected chi connectivity index (χ0v) is 25.0. The van der Waals surface area contributed by atoms with Crippen LogP contribution in [-0.4, -0.2) is 64.7 Å². The van der Waals surface area contributed by atoms with Crippen molar-refractivity contribution in [1.82, 2.24) is 25.4 Å². The van der Waals surface area contributed by atoms with Gasteiger partial charge in [0.05, 0.1) is 28.8 Å². The molecule has 3 atom stereocenters. The van der Waals surface area contributed by atoms with Gasteiger partial charge in [0.2, 0.25) is 11.8 Å². The Morgan fingerprint density at radius 1 is 1.12 bits per heavy atom. The number of benzene rings is 2. The second-order valence-electron chi connectivity index (χ2n) is 11.2. The normalized spacial score (nSPS) is 21.3. The van der Waals surface area contributed by atoms with E-state index in [4.69, 9.17) is 4.98 Å². The third kappa shape index (κ3) is 6.06. The Labute approximate surface area is 245 Å². The molecular formula is C32H39N5O3S. The lowest BCUT2D eigenvalue weighted by Gasteiger charge is -2.35. The molecule has 216 valence electrons. The SMILES string of the molecule is CC[C@H](NC)C(=O)N[C@H]1CN(C(=O)CC(C)C)C/C=C2/CC[C@@H](c3nc4c(-c5ccccc5)cccc4s3)N2C1=O. The summed E-state index contributed by atoms with van der Waals surface area (Å²) in [4.78, 5) is 49.2. The molecule has 0 radical (unpaired) electrons. The number of fused-ring (bicyclic) bond motifs is 2. The molecule has 2 aliphatic rings. The molecule has 0 bridgehead atoms. The summed E-state index contributed by atoms with van der Waals surface area (Å²) in [5.74, 6) is -0.237. The highest BCUT2D eigenvalue weighted by Gasteiger charge is 2.42. The lowest BCUT2D eigenvalue weighted by atomic mass is 10.0. The second kappa shape index (κ2) is 12.5. The number of allylic oxidation sites excluding steroid dienone is 1.